The molecule has 0 bridgehead atoms. The summed E-state index contributed by atoms with van der Waals surface area (Å²) in [6.07, 6.45) is 4.95. The highest BCUT2D eigenvalue weighted by atomic mass is 35.5. The van der Waals surface area contributed by atoms with E-state index in [9.17, 15) is 0 Å². The molecule has 1 aromatic heterocycles. The topological polar surface area (TPSA) is 27.1 Å². The molecular weight excluding hydrogens is 307 g/mol. The van der Waals surface area contributed by atoms with Crippen molar-refractivity contribution in [2.75, 3.05) is 6.61 Å². The van der Waals surface area contributed by atoms with E-state index in [1.807, 2.05) is 19.1 Å². The van der Waals surface area contributed by atoms with Gasteiger partial charge in [-0.05, 0) is 44.7 Å². The molecule has 0 spiro atoms. The third-order valence-electron chi connectivity index (χ3n) is 4.06. The first-order chi connectivity index (χ1) is 10.2. The van der Waals surface area contributed by atoms with Crippen LogP contribution in [0.5, 0.6) is 0 Å². The molecule has 5 heteroatoms. The maximum Gasteiger partial charge on any atom is 0.127 e. The van der Waals surface area contributed by atoms with Gasteiger partial charge in [0.05, 0.1) is 22.0 Å². The molecule has 2 aromatic rings. The van der Waals surface area contributed by atoms with Crippen LogP contribution in [0.4, 0.5) is 0 Å². The van der Waals surface area contributed by atoms with Crippen LogP contribution in [0.3, 0.4) is 0 Å². The summed E-state index contributed by atoms with van der Waals surface area (Å²) >= 11 is 12.5. The quantitative estimate of drug-likeness (QED) is 0.743. The Morgan fingerprint density at radius 3 is 3.00 bits per heavy atom. The van der Waals surface area contributed by atoms with E-state index in [0.29, 0.717) is 11.1 Å². The van der Waals surface area contributed by atoms with Gasteiger partial charge < -0.3 is 9.30 Å². The highest BCUT2D eigenvalue weighted by Crippen LogP contribution is 2.29. The van der Waals surface area contributed by atoms with Crippen LogP contribution in [0.25, 0.3) is 11.0 Å². The molecule has 2 atom stereocenters. The molecule has 21 heavy (non-hydrogen) atoms. The second-order valence-corrected chi connectivity index (χ2v) is 6.68. The minimum Gasteiger partial charge on any atom is -0.378 e. The number of rotatable bonds is 4. The summed E-state index contributed by atoms with van der Waals surface area (Å²) in [7, 11) is 0. The largest absolute Gasteiger partial charge is 0.378 e. The van der Waals surface area contributed by atoms with Crippen LogP contribution >= 0.6 is 23.2 Å². The molecule has 1 fully saturated rings. The van der Waals surface area contributed by atoms with E-state index >= 15 is 0 Å². The Balaban J connectivity index is 1.88. The number of hydrogen-bond acceptors (Lipinski definition) is 2. The van der Waals surface area contributed by atoms with Crippen LogP contribution in [-0.4, -0.2) is 22.3 Å². The lowest BCUT2D eigenvalue weighted by molar-refractivity contribution is 0.00886. The number of halogens is 2. The second kappa shape index (κ2) is 6.55. The van der Waals surface area contributed by atoms with Gasteiger partial charge in [-0.15, -0.1) is 11.6 Å². The molecule has 0 amide bonds. The maximum absolute atomic E-state index is 6.30. The van der Waals surface area contributed by atoms with Gasteiger partial charge in [-0.2, -0.15) is 0 Å². The number of hydrogen-bond donors (Lipinski definition) is 0. The number of alkyl halides is 1. The van der Waals surface area contributed by atoms with Gasteiger partial charge in [-0.25, -0.2) is 4.98 Å². The number of imidazole rings is 1. The molecule has 2 heterocycles. The zero-order valence-corrected chi connectivity index (χ0v) is 13.7. The van der Waals surface area contributed by atoms with E-state index in [-0.39, 0.29) is 5.38 Å². The second-order valence-electron chi connectivity index (χ2n) is 5.62. The zero-order chi connectivity index (χ0) is 14.8. The highest BCUT2D eigenvalue weighted by Gasteiger charge is 2.19. The maximum atomic E-state index is 6.30. The molecular formula is C16H20Cl2N2O. The first-order valence-corrected chi connectivity index (χ1v) is 8.38. The lowest BCUT2D eigenvalue weighted by atomic mass is 10.1. The Labute approximate surface area is 135 Å². The Kier molecular flexibility index (Phi) is 4.72. The summed E-state index contributed by atoms with van der Waals surface area (Å²) in [4.78, 5) is 4.63. The fourth-order valence-corrected chi connectivity index (χ4v) is 3.36. The van der Waals surface area contributed by atoms with Crippen LogP contribution in [0.2, 0.25) is 5.02 Å². The number of para-hydroxylation sites is 1. The fourth-order valence-electron chi connectivity index (χ4n) is 2.98. The van der Waals surface area contributed by atoms with Crippen molar-refractivity contribution in [1.29, 1.82) is 0 Å². The lowest BCUT2D eigenvalue weighted by Crippen LogP contribution is -2.21. The molecule has 3 rings (SSSR count). The standard InChI is InChI=1S/C16H20Cl2N2O/c1-11(17)16-19-15-13(18)6-4-7-14(15)20(16)9-8-12-5-2-3-10-21-12/h4,6-7,11-12H,2-3,5,8-10H2,1H3. The molecule has 2 unspecified atom stereocenters. The predicted octanol–water partition coefficient (Wildman–Crippen LogP) is 4.95. The third kappa shape index (κ3) is 3.20. The van der Waals surface area contributed by atoms with Crippen molar-refractivity contribution in [3.63, 3.8) is 0 Å². The first-order valence-electron chi connectivity index (χ1n) is 7.57. The van der Waals surface area contributed by atoms with E-state index in [2.05, 4.69) is 15.6 Å². The number of aromatic nitrogens is 2. The average Bonchev–Trinajstić information content (AvgIpc) is 2.87. The Morgan fingerprint density at radius 1 is 1.43 bits per heavy atom. The van der Waals surface area contributed by atoms with Crippen LogP contribution in [0.1, 0.15) is 43.8 Å². The summed E-state index contributed by atoms with van der Waals surface area (Å²) in [6.45, 7) is 3.71. The molecule has 1 aliphatic heterocycles. The number of aryl methyl sites for hydroxylation is 1. The normalized spacial score (nSPS) is 20.8. The summed E-state index contributed by atoms with van der Waals surface area (Å²) < 4.78 is 8.01. The summed E-state index contributed by atoms with van der Waals surface area (Å²) in [5.74, 6) is 0.885. The Hall–Kier alpha value is -0.770. The van der Waals surface area contributed by atoms with Gasteiger partial charge in [0, 0.05) is 13.2 Å². The van der Waals surface area contributed by atoms with Gasteiger partial charge in [0.2, 0.25) is 0 Å². The number of benzene rings is 1. The van der Waals surface area contributed by atoms with Crippen LogP contribution in [-0.2, 0) is 11.3 Å². The zero-order valence-electron chi connectivity index (χ0n) is 12.2. The summed E-state index contributed by atoms with van der Waals surface area (Å²) in [5.41, 5.74) is 1.90. The molecule has 1 aliphatic rings. The molecule has 0 aliphatic carbocycles. The molecule has 1 saturated heterocycles. The van der Waals surface area contributed by atoms with Crippen molar-refractivity contribution in [3.8, 4) is 0 Å². The Morgan fingerprint density at radius 2 is 2.29 bits per heavy atom. The average molecular weight is 327 g/mol. The van der Waals surface area contributed by atoms with Gasteiger partial charge in [0.25, 0.3) is 0 Å². The monoisotopic (exact) mass is 326 g/mol. The van der Waals surface area contributed by atoms with Crippen LogP contribution in [0.15, 0.2) is 18.2 Å². The molecule has 114 valence electrons. The van der Waals surface area contributed by atoms with E-state index in [4.69, 9.17) is 27.9 Å². The van der Waals surface area contributed by atoms with E-state index in [1.165, 1.54) is 12.8 Å². The van der Waals surface area contributed by atoms with Gasteiger partial charge in [-0.1, -0.05) is 17.7 Å². The van der Waals surface area contributed by atoms with Crippen molar-refractivity contribution in [2.45, 2.75) is 50.6 Å². The minimum atomic E-state index is -0.138. The van der Waals surface area contributed by atoms with E-state index < -0.39 is 0 Å². The lowest BCUT2D eigenvalue weighted by Gasteiger charge is -2.23. The number of fused-ring (bicyclic) bond motifs is 1. The van der Waals surface area contributed by atoms with Gasteiger partial charge in [0.15, 0.2) is 0 Å². The van der Waals surface area contributed by atoms with Crippen molar-refractivity contribution in [1.82, 2.24) is 9.55 Å². The van der Waals surface area contributed by atoms with Gasteiger partial charge >= 0.3 is 0 Å². The number of ether oxygens (including phenoxy) is 1. The predicted molar refractivity (Wildman–Crippen MR) is 87.2 cm³/mol. The van der Waals surface area contributed by atoms with Crippen LogP contribution < -0.4 is 0 Å². The fraction of sp³-hybridized carbons (Fsp3) is 0.562. The number of nitrogens with zero attached hydrogens (tertiary/aromatic N) is 2. The van der Waals surface area contributed by atoms with E-state index in [1.54, 1.807) is 0 Å². The molecule has 1 aromatic carbocycles. The molecule has 0 radical (unpaired) electrons. The van der Waals surface area contributed by atoms with E-state index in [0.717, 1.165) is 42.9 Å². The summed E-state index contributed by atoms with van der Waals surface area (Å²) in [5, 5.41) is 0.541. The molecule has 0 N–H and O–H groups in total. The smallest absolute Gasteiger partial charge is 0.127 e. The minimum absolute atomic E-state index is 0.138. The molecule has 3 nitrogen and oxygen atoms in total. The SMILES string of the molecule is CC(Cl)c1nc2c(Cl)cccc2n1CCC1CCCCO1. The third-order valence-corrected chi connectivity index (χ3v) is 4.56. The molecule has 0 saturated carbocycles. The van der Waals surface area contributed by atoms with Crippen LogP contribution in [0, 0.1) is 0 Å². The van der Waals surface area contributed by atoms with Gasteiger partial charge in [-0.3, -0.25) is 0 Å². The van der Waals surface area contributed by atoms with Crippen molar-refractivity contribution in [2.24, 2.45) is 0 Å². The highest BCUT2D eigenvalue weighted by molar-refractivity contribution is 6.35. The first kappa shape index (κ1) is 15.1. The Bertz CT molecular complexity index is 618. The van der Waals surface area contributed by atoms with Gasteiger partial charge in [0.1, 0.15) is 11.3 Å². The van der Waals surface area contributed by atoms with Crippen molar-refractivity contribution in [3.05, 3.63) is 29.0 Å². The summed E-state index contributed by atoms with van der Waals surface area (Å²) in [6, 6.07) is 5.88. The van der Waals surface area contributed by atoms with Crippen molar-refractivity contribution >= 4 is 34.2 Å². The van der Waals surface area contributed by atoms with Crippen molar-refractivity contribution < 1.29 is 4.74 Å².